The van der Waals surface area contributed by atoms with Gasteiger partial charge in [0.1, 0.15) is 5.75 Å². The third kappa shape index (κ3) is 4.63. The molecule has 0 spiro atoms. The Kier molecular flexibility index (Phi) is 6.05. The van der Waals surface area contributed by atoms with Crippen molar-refractivity contribution in [1.82, 2.24) is 4.90 Å². The first kappa shape index (κ1) is 15.0. The van der Waals surface area contributed by atoms with Gasteiger partial charge < -0.3 is 15.4 Å². The third-order valence-corrected chi connectivity index (χ3v) is 4.00. The normalized spacial score (nSPS) is 10.9. The lowest BCUT2D eigenvalue weighted by molar-refractivity contribution is 0.258. The fourth-order valence-electron chi connectivity index (χ4n) is 2.08. The number of hydrogen-bond acceptors (Lipinski definition) is 4. The van der Waals surface area contributed by atoms with Crippen LogP contribution in [0.5, 0.6) is 5.75 Å². The highest BCUT2D eigenvalue weighted by molar-refractivity contribution is 7.09. The number of ether oxygens (including phenoxy) is 1. The van der Waals surface area contributed by atoms with Gasteiger partial charge in [-0.1, -0.05) is 24.3 Å². The van der Waals surface area contributed by atoms with Gasteiger partial charge >= 0.3 is 0 Å². The van der Waals surface area contributed by atoms with Crippen molar-refractivity contribution >= 4 is 11.3 Å². The van der Waals surface area contributed by atoms with Crippen molar-refractivity contribution in [2.24, 2.45) is 5.73 Å². The minimum absolute atomic E-state index is 0.522. The molecule has 2 N–H and O–H groups in total. The van der Waals surface area contributed by atoms with Gasteiger partial charge in [0, 0.05) is 30.1 Å². The van der Waals surface area contributed by atoms with E-state index in [2.05, 4.69) is 29.5 Å². The molecule has 0 fully saturated rings. The summed E-state index contributed by atoms with van der Waals surface area (Å²) in [6.07, 6.45) is 1.01. The number of rotatable bonds is 8. The maximum absolute atomic E-state index is 5.81. The third-order valence-electron chi connectivity index (χ3n) is 3.14. The second-order valence-corrected chi connectivity index (χ2v) is 5.86. The number of para-hydroxylation sites is 1. The summed E-state index contributed by atoms with van der Waals surface area (Å²) < 4.78 is 5.81. The molecule has 2 rings (SSSR count). The van der Waals surface area contributed by atoms with Gasteiger partial charge in [-0.25, -0.2) is 0 Å². The summed E-state index contributed by atoms with van der Waals surface area (Å²) in [5, 5.41) is 2.12. The molecular weight excluding hydrogens is 268 g/mol. The summed E-state index contributed by atoms with van der Waals surface area (Å²) in [6, 6.07) is 12.2. The Morgan fingerprint density at radius 1 is 1.20 bits per heavy atom. The molecule has 0 unspecified atom stereocenters. The summed E-state index contributed by atoms with van der Waals surface area (Å²) in [4.78, 5) is 3.73. The monoisotopic (exact) mass is 290 g/mol. The van der Waals surface area contributed by atoms with Crippen molar-refractivity contribution in [2.75, 3.05) is 20.2 Å². The van der Waals surface area contributed by atoms with Crippen LogP contribution in [0, 0.1) is 0 Å². The van der Waals surface area contributed by atoms with E-state index >= 15 is 0 Å². The predicted molar refractivity (Wildman–Crippen MR) is 85.1 cm³/mol. The Labute approximate surface area is 125 Å². The molecule has 0 saturated carbocycles. The van der Waals surface area contributed by atoms with Crippen LogP contribution < -0.4 is 10.5 Å². The number of nitrogens with two attached hydrogens (primary N) is 1. The van der Waals surface area contributed by atoms with Crippen LogP contribution in [0.15, 0.2) is 41.8 Å². The molecule has 2 aromatic rings. The molecule has 108 valence electrons. The van der Waals surface area contributed by atoms with Crippen LogP contribution in [0.25, 0.3) is 0 Å². The maximum Gasteiger partial charge on any atom is 0.123 e. The predicted octanol–water partition coefficient (Wildman–Crippen LogP) is 3.11. The zero-order valence-electron chi connectivity index (χ0n) is 11.9. The quantitative estimate of drug-likeness (QED) is 0.759. The molecule has 0 aliphatic rings. The molecule has 4 heteroatoms. The molecule has 3 nitrogen and oxygen atoms in total. The minimum atomic E-state index is 0.522. The highest BCUT2D eigenvalue weighted by Crippen LogP contribution is 2.17. The van der Waals surface area contributed by atoms with Crippen molar-refractivity contribution in [3.05, 3.63) is 52.2 Å². The first-order valence-corrected chi connectivity index (χ1v) is 7.79. The van der Waals surface area contributed by atoms with Crippen LogP contribution in [0.3, 0.4) is 0 Å². The van der Waals surface area contributed by atoms with Crippen LogP contribution >= 0.6 is 11.3 Å². The first-order valence-electron chi connectivity index (χ1n) is 6.91. The maximum atomic E-state index is 5.81. The second-order valence-electron chi connectivity index (χ2n) is 4.83. The van der Waals surface area contributed by atoms with Gasteiger partial charge in [-0.05, 0) is 31.0 Å². The molecule has 0 saturated heterocycles. The first-order chi connectivity index (χ1) is 9.79. The lowest BCUT2D eigenvalue weighted by Crippen LogP contribution is -2.20. The highest BCUT2D eigenvalue weighted by Gasteiger charge is 2.03. The Hall–Kier alpha value is -1.36. The molecule has 0 aliphatic heterocycles. The summed E-state index contributed by atoms with van der Waals surface area (Å²) in [6.45, 7) is 3.29. The van der Waals surface area contributed by atoms with E-state index in [9.17, 15) is 0 Å². The molecule has 1 aromatic carbocycles. The van der Waals surface area contributed by atoms with Gasteiger partial charge in [-0.2, -0.15) is 0 Å². The molecule has 0 radical (unpaired) electrons. The van der Waals surface area contributed by atoms with Gasteiger partial charge in [0.25, 0.3) is 0 Å². The Balaban J connectivity index is 1.68. The molecule has 1 aromatic heterocycles. The van der Waals surface area contributed by atoms with E-state index in [1.54, 1.807) is 11.3 Å². The molecule has 0 atom stereocenters. The smallest absolute Gasteiger partial charge is 0.123 e. The van der Waals surface area contributed by atoms with Gasteiger partial charge in [-0.15, -0.1) is 11.3 Å². The van der Waals surface area contributed by atoms with Gasteiger partial charge in [0.2, 0.25) is 0 Å². The summed E-state index contributed by atoms with van der Waals surface area (Å²) >= 11 is 1.81. The van der Waals surface area contributed by atoms with Crippen molar-refractivity contribution in [3.63, 3.8) is 0 Å². The molecule has 0 bridgehead atoms. The molecule has 1 heterocycles. The SMILES string of the molecule is CN(CCCOc1ccccc1CN)Cc1cccs1. The largest absolute Gasteiger partial charge is 0.493 e. The van der Waals surface area contributed by atoms with Crippen molar-refractivity contribution in [1.29, 1.82) is 0 Å². The zero-order valence-corrected chi connectivity index (χ0v) is 12.7. The van der Waals surface area contributed by atoms with Crippen LogP contribution in [0.1, 0.15) is 16.9 Å². The Morgan fingerprint density at radius 3 is 2.80 bits per heavy atom. The Morgan fingerprint density at radius 2 is 2.05 bits per heavy atom. The van der Waals surface area contributed by atoms with E-state index in [0.29, 0.717) is 6.54 Å². The second kappa shape index (κ2) is 8.04. The van der Waals surface area contributed by atoms with E-state index in [-0.39, 0.29) is 0 Å². The van der Waals surface area contributed by atoms with Crippen LogP contribution in [-0.4, -0.2) is 25.1 Å². The number of benzene rings is 1. The van der Waals surface area contributed by atoms with Crippen molar-refractivity contribution in [3.8, 4) is 5.75 Å². The summed E-state index contributed by atoms with van der Waals surface area (Å²) in [5.41, 5.74) is 6.76. The van der Waals surface area contributed by atoms with E-state index < -0.39 is 0 Å². The fourth-order valence-corrected chi connectivity index (χ4v) is 2.86. The minimum Gasteiger partial charge on any atom is -0.493 e. The Bertz CT molecular complexity index is 499. The highest BCUT2D eigenvalue weighted by atomic mass is 32.1. The number of hydrogen-bond donors (Lipinski definition) is 1. The van der Waals surface area contributed by atoms with E-state index in [1.165, 1.54) is 4.88 Å². The van der Waals surface area contributed by atoms with Crippen LogP contribution in [0.4, 0.5) is 0 Å². The van der Waals surface area contributed by atoms with E-state index in [0.717, 1.165) is 37.4 Å². The van der Waals surface area contributed by atoms with E-state index in [4.69, 9.17) is 10.5 Å². The number of thiophene rings is 1. The summed E-state index contributed by atoms with van der Waals surface area (Å²) in [7, 11) is 2.15. The zero-order chi connectivity index (χ0) is 14.2. The van der Waals surface area contributed by atoms with E-state index in [1.807, 2.05) is 24.3 Å². The molecular formula is C16H22N2OS. The molecule has 0 amide bonds. The van der Waals surface area contributed by atoms with Gasteiger partial charge in [-0.3, -0.25) is 0 Å². The summed E-state index contributed by atoms with van der Waals surface area (Å²) in [5.74, 6) is 0.913. The topological polar surface area (TPSA) is 38.5 Å². The standard InChI is InChI=1S/C16H22N2OS/c1-18(13-15-7-4-11-20-15)9-5-10-19-16-8-3-2-6-14(16)12-17/h2-4,6-8,11H,5,9-10,12-13,17H2,1H3. The van der Waals surface area contributed by atoms with Crippen molar-refractivity contribution in [2.45, 2.75) is 19.5 Å². The van der Waals surface area contributed by atoms with Gasteiger partial charge in [0.15, 0.2) is 0 Å². The molecule has 20 heavy (non-hydrogen) atoms. The van der Waals surface area contributed by atoms with Gasteiger partial charge in [0.05, 0.1) is 6.61 Å². The van der Waals surface area contributed by atoms with Crippen LogP contribution in [0.2, 0.25) is 0 Å². The average Bonchev–Trinajstić information content (AvgIpc) is 2.97. The fraction of sp³-hybridized carbons (Fsp3) is 0.375. The average molecular weight is 290 g/mol. The lowest BCUT2D eigenvalue weighted by atomic mass is 10.2. The molecule has 0 aliphatic carbocycles. The van der Waals surface area contributed by atoms with Crippen LogP contribution in [-0.2, 0) is 13.1 Å². The van der Waals surface area contributed by atoms with Crippen molar-refractivity contribution < 1.29 is 4.74 Å². The lowest BCUT2D eigenvalue weighted by Gasteiger charge is -2.16. The number of nitrogens with zero attached hydrogens (tertiary/aromatic N) is 1.